The average Bonchev–Trinajstić information content (AvgIpc) is 2.91. The van der Waals surface area contributed by atoms with E-state index in [-0.39, 0.29) is 0 Å². The van der Waals surface area contributed by atoms with Gasteiger partial charge in [-0.05, 0) is 85.5 Å². The van der Waals surface area contributed by atoms with Gasteiger partial charge < -0.3 is 14.2 Å². The molecule has 3 aromatic rings. The molecule has 3 aromatic carbocycles. The van der Waals surface area contributed by atoms with Gasteiger partial charge in [-0.2, -0.15) is 0 Å². The normalized spacial score (nSPS) is 10.0. The van der Waals surface area contributed by atoms with E-state index in [0.717, 1.165) is 36.5 Å². The smallest absolute Gasteiger partial charge is 0.343 e. The highest BCUT2D eigenvalue weighted by Crippen LogP contribution is 2.17. The first-order valence-electron chi connectivity index (χ1n) is 12.0. The number of hydrogen-bond donors (Lipinski definition) is 0. The maximum atomic E-state index is 12.5. The lowest BCUT2D eigenvalue weighted by Crippen LogP contribution is -2.08. The second kappa shape index (κ2) is 14.2. The molecular weight excluding hydrogens is 452 g/mol. The van der Waals surface area contributed by atoms with Crippen molar-refractivity contribution < 1.29 is 23.8 Å². The predicted octanol–water partition coefficient (Wildman–Crippen LogP) is 6.15. The van der Waals surface area contributed by atoms with E-state index in [2.05, 4.69) is 37.5 Å². The lowest BCUT2D eigenvalue weighted by Gasteiger charge is -2.08. The Bertz CT molecular complexity index is 1200. The number of unbranched alkanes of at least 4 members (excludes halogenated alkanes) is 1. The molecule has 0 amide bonds. The van der Waals surface area contributed by atoms with E-state index in [4.69, 9.17) is 14.2 Å². The fourth-order valence-corrected chi connectivity index (χ4v) is 3.27. The van der Waals surface area contributed by atoms with Crippen LogP contribution in [0.5, 0.6) is 11.5 Å². The Morgan fingerprint density at radius 3 is 2.00 bits per heavy atom. The molecule has 184 valence electrons. The highest BCUT2D eigenvalue weighted by atomic mass is 16.5. The van der Waals surface area contributed by atoms with Gasteiger partial charge in [0.05, 0.1) is 18.8 Å². The zero-order valence-corrected chi connectivity index (χ0v) is 20.5. The van der Waals surface area contributed by atoms with Gasteiger partial charge in [-0.3, -0.25) is 0 Å². The molecule has 0 N–H and O–H groups in total. The van der Waals surface area contributed by atoms with Crippen molar-refractivity contribution in [3.8, 4) is 23.3 Å². The third-order valence-corrected chi connectivity index (χ3v) is 5.22. The highest BCUT2D eigenvalue weighted by Gasteiger charge is 2.09. The molecule has 0 aliphatic heterocycles. The molecule has 0 spiro atoms. The molecule has 3 rings (SSSR count). The lowest BCUT2D eigenvalue weighted by molar-refractivity contribution is -0.137. The van der Waals surface area contributed by atoms with Crippen LogP contribution in [0, 0.1) is 11.8 Å². The Kier molecular flexibility index (Phi) is 10.4. The molecule has 36 heavy (non-hydrogen) atoms. The first-order chi connectivity index (χ1) is 17.6. The number of ether oxygens (including phenoxy) is 3. The molecule has 5 heteroatoms. The molecule has 0 radical (unpaired) electrons. The summed E-state index contributed by atoms with van der Waals surface area (Å²) in [4.78, 5) is 23.4. The molecular formula is C31H30O5. The highest BCUT2D eigenvalue weighted by molar-refractivity contribution is 5.91. The minimum Gasteiger partial charge on any atom is -0.494 e. The Morgan fingerprint density at radius 2 is 1.39 bits per heavy atom. The van der Waals surface area contributed by atoms with E-state index < -0.39 is 11.9 Å². The predicted molar refractivity (Wildman–Crippen MR) is 140 cm³/mol. The van der Waals surface area contributed by atoms with Crippen molar-refractivity contribution in [2.24, 2.45) is 0 Å². The molecule has 0 atom stereocenters. The van der Waals surface area contributed by atoms with E-state index in [1.54, 1.807) is 36.4 Å². The minimum absolute atomic E-state index is 0.333. The van der Waals surface area contributed by atoms with Crippen molar-refractivity contribution in [3.63, 3.8) is 0 Å². The summed E-state index contributed by atoms with van der Waals surface area (Å²) in [6.45, 7) is 6.33. The third-order valence-electron chi connectivity index (χ3n) is 5.22. The Balaban J connectivity index is 1.44. The largest absolute Gasteiger partial charge is 0.494 e. The fourth-order valence-electron chi connectivity index (χ4n) is 3.27. The SMILES string of the molecule is C=CC(=O)OCCCCOc1ccc(C(=O)Oc2ccc(C#Cc3ccc(CCC)cc3)cc2)cc1. The maximum Gasteiger partial charge on any atom is 0.343 e. The van der Waals surface area contributed by atoms with Crippen LogP contribution in [0.25, 0.3) is 0 Å². The molecule has 0 unspecified atom stereocenters. The van der Waals surface area contributed by atoms with Crippen LogP contribution in [0.2, 0.25) is 0 Å². The van der Waals surface area contributed by atoms with Gasteiger partial charge in [0.1, 0.15) is 11.5 Å². The standard InChI is InChI=1S/C31H30O5/c1-3-7-24-8-10-25(11-9-24)12-13-26-14-18-29(19-15-26)36-31(33)27-16-20-28(21-17-27)34-22-5-6-23-35-30(32)4-2/h4,8-11,14-21H,2-3,5-7,22-23H2,1H3. The van der Waals surface area contributed by atoms with Crippen molar-refractivity contribution in [3.05, 3.63) is 108 Å². The summed E-state index contributed by atoms with van der Waals surface area (Å²) in [6, 6.07) is 22.2. The number of aryl methyl sites for hydroxylation is 1. The van der Waals surface area contributed by atoms with Gasteiger partial charge in [0.15, 0.2) is 0 Å². The van der Waals surface area contributed by atoms with Gasteiger partial charge in [0.25, 0.3) is 0 Å². The van der Waals surface area contributed by atoms with E-state index in [1.165, 1.54) is 5.56 Å². The summed E-state index contributed by atoms with van der Waals surface area (Å²) in [7, 11) is 0. The van der Waals surface area contributed by atoms with Crippen LogP contribution < -0.4 is 9.47 Å². The van der Waals surface area contributed by atoms with Crippen LogP contribution in [-0.2, 0) is 16.0 Å². The summed E-state index contributed by atoms with van der Waals surface area (Å²) in [6.07, 6.45) is 4.77. The van der Waals surface area contributed by atoms with Gasteiger partial charge in [0, 0.05) is 17.2 Å². The molecule has 0 aromatic heterocycles. The second-order valence-electron chi connectivity index (χ2n) is 8.06. The quantitative estimate of drug-likeness (QED) is 0.108. The lowest BCUT2D eigenvalue weighted by atomic mass is 10.1. The van der Waals surface area contributed by atoms with Gasteiger partial charge in [0.2, 0.25) is 0 Å². The molecule has 0 aliphatic carbocycles. The number of carbonyl (C=O) groups excluding carboxylic acids is 2. The van der Waals surface area contributed by atoms with Crippen molar-refractivity contribution in [1.82, 2.24) is 0 Å². The molecule has 0 bridgehead atoms. The monoisotopic (exact) mass is 482 g/mol. The Morgan fingerprint density at radius 1 is 0.806 bits per heavy atom. The number of carbonyl (C=O) groups is 2. The van der Waals surface area contributed by atoms with Crippen LogP contribution in [0.4, 0.5) is 0 Å². The minimum atomic E-state index is -0.448. The van der Waals surface area contributed by atoms with Gasteiger partial charge in [-0.1, -0.05) is 43.9 Å². The van der Waals surface area contributed by atoms with E-state index in [0.29, 0.717) is 36.7 Å². The van der Waals surface area contributed by atoms with Gasteiger partial charge >= 0.3 is 11.9 Å². The van der Waals surface area contributed by atoms with Crippen molar-refractivity contribution in [2.45, 2.75) is 32.6 Å². The Labute approximate surface area is 212 Å². The second-order valence-corrected chi connectivity index (χ2v) is 8.06. The van der Waals surface area contributed by atoms with Crippen LogP contribution in [0.3, 0.4) is 0 Å². The summed E-state index contributed by atoms with van der Waals surface area (Å²) >= 11 is 0. The van der Waals surface area contributed by atoms with E-state index >= 15 is 0 Å². The fraction of sp³-hybridized carbons (Fsp3) is 0.226. The molecule has 5 nitrogen and oxygen atoms in total. The van der Waals surface area contributed by atoms with E-state index in [1.807, 2.05) is 24.3 Å². The number of hydrogen-bond acceptors (Lipinski definition) is 5. The Hall–Kier alpha value is -4.30. The maximum absolute atomic E-state index is 12.5. The summed E-state index contributed by atoms with van der Waals surface area (Å²) < 4.78 is 16.0. The molecule has 0 saturated heterocycles. The third kappa shape index (κ3) is 8.81. The van der Waals surface area contributed by atoms with Gasteiger partial charge in [-0.15, -0.1) is 0 Å². The van der Waals surface area contributed by atoms with Crippen molar-refractivity contribution >= 4 is 11.9 Å². The zero-order chi connectivity index (χ0) is 25.6. The van der Waals surface area contributed by atoms with E-state index in [9.17, 15) is 9.59 Å². The first-order valence-corrected chi connectivity index (χ1v) is 12.0. The topological polar surface area (TPSA) is 61.8 Å². The van der Waals surface area contributed by atoms with Crippen molar-refractivity contribution in [2.75, 3.05) is 13.2 Å². The van der Waals surface area contributed by atoms with Gasteiger partial charge in [-0.25, -0.2) is 9.59 Å². The summed E-state index contributed by atoms with van der Waals surface area (Å²) in [5.41, 5.74) is 3.55. The van der Waals surface area contributed by atoms with Crippen molar-refractivity contribution in [1.29, 1.82) is 0 Å². The molecule has 0 saturated carbocycles. The van der Waals surface area contributed by atoms with Crippen LogP contribution in [-0.4, -0.2) is 25.2 Å². The molecule has 0 fully saturated rings. The van der Waals surface area contributed by atoms with Crippen LogP contribution >= 0.6 is 0 Å². The number of esters is 2. The molecule has 0 aliphatic rings. The molecule has 0 heterocycles. The first kappa shape index (κ1) is 26.3. The van der Waals surface area contributed by atoms with Crippen LogP contribution in [0.15, 0.2) is 85.5 Å². The number of rotatable bonds is 11. The number of benzene rings is 3. The average molecular weight is 483 g/mol. The van der Waals surface area contributed by atoms with Crippen LogP contribution in [0.1, 0.15) is 53.2 Å². The zero-order valence-electron chi connectivity index (χ0n) is 20.5. The summed E-state index contributed by atoms with van der Waals surface area (Å²) in [5.74, 6) is 6.53. The summed E-state index contributed by atoms with van der Waals surface area (Å²) in [5, 5.41) is 0.